The smallest absolute Gasteiger partial charge is 0.235 e. The lowest BCUT2D eigenvalue weighted by Crippen LogP contribution is -2.46. The van der Waals surface area contributed by atoms with E-state index in [1.54, 1.807) is 24.3 Å². The molecule has 1 aliphatic rings. The Kier molecular flexibility index (Phi) is 4.57. The number of carbonyl (C=O) groups excluding carboxylic acids is 2. The second kappa shape index (κ2) is 6.67. The maximum atomic E-state index is 13.2. The van der Waals surface area contributed by atoms with Gasteiger partial charge in [0, 0.05) is 18.3 Å². The Morgan fingerprint density at radius 1 is 1.04 bits per heavy atom. The van der Waals surface area contributed by atoms with Gasteiger partial charge in [-0.25, -0.2) is 4.39 Å². The maximum Gasteiger partial charge on any atom is 0.235 e. The molecule has 0 atom stereocenters. The Labute approximate surface area is 146 Å². The molecule has 0 spiro atoms. The van der Waals surface area contributed by atoms with Crippen LogP contribution in [0.3, 0.4) is 0 Å². The summed E-state index contributed by atoms with van der Waals surface area (Å²) in [6.45, 7) is 3.33. The third-order valence-corrected chi connectivity index (χ3v) is 4.83. The highest BCUT2D eigenvalue weighted by atomic mass is 19.1. The van der Waals surface area contributed by atoms with Gasteiger partial charge in [-0.15, -0.1) is 0 Å². The summed E-state index contributed by atoms with van der Waals surface area (Å²) in [5.74, 6) is -0.510. The molecule has 130 valence electrons. The lowest BCUT2D eigenvalue weighted by Gasteiger charge is -2.40. The van der Waals surface area contributed by atoms with Crippen LogP contribution in [0.4, 0.5) is 15.8 Å². The summed E-state index contributed by atoms with van der Waals surface area (Å²) in [4.78, 5) is 24.1. The number of hydrogen-bond acceptors (Lipinski definition) is 2. The minimum Gasteiger partial charge on any atom is -0.326 e. The van der Waals surface area contributed by atoms with Crippen LogP contribution in [0.15, 0.2) is 42.5 Å². The fourth-order valence-electron chi connectivity index (χ4n) is 3.27. The largest absolute Gasteiger partial charge is 0.326 e. The molecule has 2 aromatic rings. The molecule has 0 heterocycles. The standard InChI is InChI=1S/C20H21FN2O2/c1-13-12-17(8-9-18(13)22-14(2)24)23-19(25)20(10-3-11-20)15-4-6-16(21)7-5-15/h4-9,12H,3,10-11H2,1-2H3,(H,22,24)(H,23,25). The van der Waals surface area contributed by atoms with Gasteiger partial charge in [-0.1, -0.05) is 18.6 Å². The molecule has 25 heavy (non-hydrogen) atoms. The first-order valence-electron chi connectivity index (χ1n) is 8.36. The number of rotatable bonds is 4. The van der Waals surface area contributed by atoms with Crippen molar-refractivity contribution in [3.63, 3.8) is 0 Å². The summed E-state index contributed by atoms with van der Waals surface area (Å²) < 4.78 is 13.2. The zero-order valence-corrected chi connectivity index (χ0v) is 14.4. The second-order valence-corrected chi connectivity index (χ2v) is 6.61. The van der Waals surface area contributed by atoms with Crippen LogP contribution in [0.2, 0.25) is 0 Å². The molecule has 3 rings (SSSR count). The van der Waals surface area contributed by atoms with Crippen molar-refractivity contribution in [2.45, 2.75) is 38.5 Å². The molecule has 0 radical (unpaired) electrons. The minimum atomic E-state index is -0.585. The van der Waals surface area contributed by atoms with Crippen molar-refractivity contribution in [3.05, 3.63) is 59.4 Å². The maximum absolute atomic E-state index is 13.2. The normalized spacial score (nSPS) is 15.2. The zero-order chi connectivity index (χ0) is 18.0. The number of benzene rings is 2. The van der Waals surface area contributed by atoms with Gasteiger partial charge in [0.25, 0.3) is 0 Å². The van der Waals surface area contributed by atoms with Gasteiger partial charge < -0.3 is 10.6 Å². The molecular formula is C20H21FN2O2. The van der Waals surface area contributed by atoms with E-state index >= 15 is 0 Å². The van der Waals surface area contributed by atoms with Crippen molar-refractivity contribution in [2.24, 2.45) is 0 Å². The Morgan fingerprint density at radius 2 is 1.72 bits per heavy atom. The summed E-state index contributed by atoms with van der Waals surface area (Å²) >= 11 is 0. The quantitative estimate of drug-likeness (QED) is 0.878. The molecule has 2 amide bonds. The highest BCUT2D eigenvalue weighted by Crippen LogP contribution is 2.44. The number of hydrogen-bond donors (Lipinski definition) is 2. The predicted octanol–water partition coefficient (Wildman–Crippen LogP) is 4.15. The first-order chi connectivity index (χ1) is 11.9. The number of carbonyl (C=O) groups is 2. The van der Waals surface area contributed by atoms with Crippen LogP contribution in [0.25, 0.3) is 0 Å². The second-order valence-electron chi connectivity index (χ2n) is 6.61. The predicted molar refractivity (Wildman–Crippen MR) is 96.0 cm³/mol. The molecule has 1 aliphatic carbocycles. The molecule has 4 nitrogen and oxygen atoms in total. The van der Waals surface area contributed by atoms with E-state index in [2.05, 4.69) is 10.6 Å². The Hall–Kier alpha value is -2.69. The van der Waals surface area contributed by atoms with Gasteiger partial charge in [0.05, 0.1) is 5.41 Å². The van der Waals surface area contributed by atoms with Crippen LogP contribution in [0, 0.1) is 12.7 Å². The average Bonchev–Trinajstić information content (AvgIpc) is 2.50. The van der Waals surface area contributed by atoms with Gasteiger partial charge >= 0.3 is 0 Å². The Morgan fingerprint density at radius 3 is 2.24 bits per heavy atom. The van der Waals surface area contributed by atoms with E-state index in [0.29, 0.717) is 5.69 Å². The van der Waals surface area contributed by atoms with Crippen molar-refractivity contribution in [3.8, 4) is 0 Å². The number of halogens is 1. The molecule has 2 N–H and O–H groups in total. The van der Waals surface area contributed by atoms with E-state index in [1.807, 2.05) is 13.0 Å². The van der Waals surface area contributed by atoms with Crippen LogP contribution in [0.5, 0.6) is 0 Å². The van der Waals surface area contributed by atoms with E-state index in [1.165, 1.54) is 19.1 Å². The molecule has 1 saturated carbocycles. The van der Waals surface area contributed by atoms with E-state index in [0.717, 1.165) is 36.1 Å². The first kappa shape index (κ1) is 17.1. The van der Waals surface area contributed by atoms with Crippen LogP contribution >= 0.6 is 0 Å². The molecule has 0 unspecified atom stereocenters. The fourth-order valence-corrected chi connectivity index (χ4v) is 3.27. The minimum absolute atomic E-state index is 0.0722. The molecule has 0 aliphatic heterocycles. The summed E-state index contributed by atoms with van der Waals surface area (Å²) in [6.07, 6.45) is 2.49. The molecule has 2 aromatic carbocycles. The number of anilines is 2. The zero-order valence-electron chi connectivity index (χ0n) is 14.4. The van der Waals surface area contributed by atoms with Crippen molar-refractivity contribution >= 4 is 23.2 Å². The Balaban J connectivity index is 1.80. The summed E-state index contributed by atoms with van der Waals surface area (Å²) in [7, 11) is 0. The van der Waals surface area contributed by atoms with Crippen molar-refractivity contribution in [2.75, 3.05) is 10.6 Å². The number of nitrogens with one attached hydrogen (secondary N) is 2. The van der Waals surface area contributed by atoms with Crippen LogP contribution in [0.1, 0.15) is 37.3 Å². The van der Waals surface area contributed by atoms with Crippen LogP contribution in [-0.4, -0.2) is 11.8 Å². The van der Waals surface area contributed by atoms with Gasteiger partial charge in [0.2, 0.25) is 11.8 Å². The highest BCUT2D eigenvalue weighted by Gasteiger charge is 2.45. The van der Waals surface area contributed by atoms with Crippen molar-refractivity contribution in [1.82, 2.24) is 0 Å². The molecule has 5 heteroatoms. The van der Waals surface area contributed by atoms with Crippen molar-refractivity contribution in [1.29, 1.82) is 0 Å². The molecule has 0 aromatic heterocycles. The SMILES string of the molecule is CC(=O)Nc1ccc(NC(=O)C2(c3ccc(F)cc3)CCC2)cc1C. The Bertz CT molecular complexity index is 811. The van der Waals surface area contributed by atoms with E-state index in [4.69, 9.17) is 0 Å². The summed E-state index contributed by atoms with van der Waals surface area (Å²) in [5.41, 5.74) is 2.55. The van der Waals surface area contributed by atoms with Gasteiger partial charge in [0.1, 0.15) is 5.82 Å². The van der Waals surface area contributed by atoms with Gasteiger partial charge in [-0.2, -0.15) is 0 Å². The van der Waals surface area contributed by atoms with Crippen LogP contribution in [-0.2, 0) is 15.0 Å². The van der Waals surface area contributed by atoms with Gasteiger partial charge in [0.15, 0.2) is 0 Å². The molecule has 0 bridgehead atoms. The van der Waals surface area contributed by atoms with E-state index in [-0.39, 0.29) is 17.6 Å². The molecule has 1 fully saturated rings. The third kappa shape index (κ3) is 3.40. The van der Waals surface area contributed by atoms with Crippen LogP contribution < -0.4 is 10.6 Å². The molecule has 0 saturated heterocycles. The number of aryl methyl sites for hydroxylation is 1. The van der Waals surface area contributed by atoms with E-state index < -0.39 is 5.41 Å². The third-order valence-electron chi connectivity index (χ3n) is 4.83. The van der Waals surface area contributed by atoms with Crippen molar-refractivity contribution < 1.29 is 14.0 Å². The molecular weight excluding hydrogens is 319 g/mol. The lowest BCUT2D eigenvalue weighted by atomic mass is 9.64. The van der Waals surface area contributed by atoms with Gasteiger partial charge in [-0.05, 0) is 61.2 Å². The van der Waals surface area contributed by atoms with E-state index in [9.17, 15) is 14.0 Å². The monoisotopic (exact) mass is 340 g/mol. The number of amides is 2. The summed E-state index contributed by atoms with van der Waals surface area (Å²) in [6, 6.07) is 11.6. The lowest BCUT2D eigenvalue weighted by molar-refractivity contribution is -0.124. The fraction of sp³-hybridized carbons (Fsp3) is 0.300. The highest BCUT2D eigenvalue weighted by molar-refractivity contribution is 6.00. The van der Waals surface area contributed by atoms with Gasteiger partial charge in [-0.3, -0.25) is 9.59 Å². The average molecular weight is 340 g/mol. The topological polar surface area (TPSA) is 58.2 Å². The first-order valence-corrected chi connectivity index (χ1v) is 8.36. The summed E-state index contributed by atoms with van der Waals surface area (Å²) in [5, 5.41) is 5.72.